The topological polar surface area (TPSA) is 40.9 Å². The summed E-state index contributed by atoms with van der Waals surface area (Å²) in [6.07, 6.45) is -4.68. The van der Waals surface area contributed by atoms with Gasteiger partial charge in [-0.25, -0.2) is 0 Å². The zero-order valence-electron chi connectivity index (χ0n) is 8.02. The molecule has 0 aliphatic rings. The minimum absolute atomic E-state index is 0.120. The van der Waals surface area contributed by atoms with Gasteiger partial charge in [-0.1, -0.05) is 6.07 Å². The van der Waals surface area contributed by atoms with Crippen LogP contribution in [0.5, 0.6) is 0 Å². The number of nitriles is 1. The third kappa shape index (κ3) is 2.17. The first-order valence-electron chi connectivity index (χ1n) is 4.09. The third-order valence-corrected chi connectivity index (χ3v) is 2.22. The maximum Gasteiger partial charge on any atom is 0.417 e. The highest BCUT2D eigenvalue weighted by Crippen LogP contribution is 2.35. The van der Waals surface area contributed by atoms with Gasteiger partial charge in [0.2, 0.25) is 0 Å². The number of rotatable bonds is 1. The van der Waals surface area contributed by atoms with E-state index in [0.717, 1.165) is 12.1 Å². The number of nitrogens with zero attached hydrogens (tertiary/aromatic N) is 1. The number of carbonyl (C=O) groups is 1. The van der Waals surface area contributed by atoms with Gasteiger partial charge < -0.3 is 0 Å². The Balaban J connectivity index is 3.66. The van der Waals surface area contributed by atoms with E-state index < -0.39 is 28.1 Å². The van der Waals surface area contributed by atoms with Crippen LogP contribution in [0.2, 0.25) is 0 Å². The van der Waals surface area contributed by atoms with E-state index in [9.17, 15) is 18.0 Å². The van der Waals surface area contributed by atoms with Gasteiger partial charge >= 0.3 is 6.18 Å². The summed E-state index contributed by atoms with van der Waals surface area (Å²) in [5.74, 6) is 0. The molecule has 0 aromatic heterocycles. The summed E-state index contributed by atoms with van der Waals surface area (Å²) in [6, 6.07) is 3.59. The van der Waals surface area contributed by atoms with E-state index in [0.29, 0.717) is 0 Å². The van der Waals surface area contributed by atoms with E-state index in [2.05, 4.69) is 0 Å². The Morgan fingerprint density at radius 1 is 1.44 bits per heavy atom. The lowest BCUT2D eigenvalue weighted by Crippen LogP contribution is -2.13. The highest BCUT2D eigenvalue weighted by molar-refractivity contribution is 6.68. The lowest BCUT2D eigenvalue weighted by molar-refractivity contribution is -0.138. The second-order valence-corrected chi connectivity index (χ2v) is 3.41. The molecule has 0 radical (unpaired) electrons. The molecule has 84 valence electrons. The molecule has 1 aromatic rings. The van der Waals surface area contributed by atoms with Crippen LogP contribution in [0.25, 0.3) is 0 Å². The number of hydrogen-bond acceptors (Lipinski definition) is 2. The van der Waals surface area contributed by atoms with E-state index in [1.807, 2.05) is 0 Å². The minimum Gasteiger partial charge on any atom is -0.276 e. The summed E-state index contributed by atoms with van der Waals surface area (Å²) in [6.45, 7) is 1.21. The molecule has 0 atom stereocenters. The summed E-state index contributed by atoms with van der Waals surface area (Å²) in [7, 11) is 0. The summed E-state index contributed by atoms with van der Waals surface area (Å²) in [5, 5.41) is 7.59. The predicted molar refractivity (Wildman–Crippen MR) is 51.1 cm³/mol. The van der Waals surface area contributed by atoms with Crippen molar-refractivity contribution in [2.45, 2.75) is 13.1 Å². The maximum atomic E-state index is 12.6. The molecule has 6 heteroatoms. The molecule has 1 aromatic carbocycles. The second-order valence-electron chi connectivity index (χ2n) is 3.06. The highest BCUT2D eigenvalue weighted by Gasteiger charge is 2.37. The van der Waals surface area contributed by atoms with E-state index in [1.165, 1.54) is 13.0 Å². The molecule has 0 heterocycles. The fraction of sp³-hybridized carbons (Fsp3) is 0.200. The third-order valence-electron chi connectivity index (χ3n) is 2.02. The zero-order valence-corrected chi connectivity index (χ0v) is 8.78. The first-order chi connectivity index (χ1) is 7.29. The Kier molecular flexibility index (Phi) is 3.24. The molecule has 0 unspecified atom stereocenters. The van der Waals surface area contributed by atoms with Gasteiger partial charge in [0.1, 0.15) is 6.07 Å². The van der Waals surface area contributed by atoms with Crippen LogP contribution in [-0.2, 0) is 6.18 Å². The van der Waals surface area contributed by atoms with Crippen LogP contribution >= 0.6 is 11.6 Å². The van der Waals surface area contributed by atoms with Crippen molar-refractivity contribution < 1.29 is 18.0 Å². The number of aryl methyl sites for hydroxylation is 1. The Hall–Kier alpha value is -1.54. The van der Waals surface area contributed by atoms with Crippen LogP contribution < -0.4 is 0 Å². The molecule has 0 aliphatic carbocycles. The molecular formula is C10H5ClF3NO. The van der Waals surface area contributed by atoms with Crippen LogP contribution in [0.15, 0.2) is 12.1 Å². The van der Waals surface area contributed by atoms with Crippen molar-refractivity contribution in [2.75, 3.05) is 0 Å². The van der Waals surface area contributed by atoms with E-state index in [-0.39, 0.29) is 5.56 Å². The molecule has 1 rings (SSSR count). The van der Waals surface area contributed by atoms with Gasteiger partial charge in [-0.15, -0.1) is 0 Å². The van der Waals surface area contributed by atoms with Crippen molar-refractivity contribution in [3.8, 4) is 6.07 Å². The van der Waals surface area contributed by atoms with Crippen LogP contribution in [-0.4, -0.2) is 5.24 Å². The summed E-state index contributed by atoms with van der Waals surface area (Å²) in [5.41, 5.74) is -2.39. The van der Waals surface area contributed by atoms with Crippen LogP contribution in [0, 0.1) is 18.3 Å². The summed E-state index contributed by atoms with van der Waals surface area (Å²) in [4.78, 5) is 10.9. The number of carbonyl (C=O) groups excluding carboxylic acids is 1. The molecular weight excluding hydrogens is 243 g/mol. The molecule has 0 aliphatic heterocycles. The minimum atomic E-state index is -4.68. The van der Waals surface area contributed by atoms with Gasteiger partial charge in [-0.2, -0.15) is 18.4 Å². The number of hydrogen-bond donors (Lipinski definition) is 0. The quantitative estimate of drug-likeness (QED) is 0.715. The Labute approximate surface area is 94.2 Å². The predicted octanol–water partition coefficient (Wildman–Crippen LogP) is 3.26. The Morgan fingerprint density at radius 2 is 2.00 bits per heavy atom. The molecule has 0 saturated carbocycles. The molecule has 0 amide bonds. The van der Waals surface area contributed by atoms with E-state index in [1.54, 1.807) is 0 Å². The van der Waals surface area contributed by atoms with Crippen LogP contribution in [0.4, 0.5) is 13.2 Å². The second kappa shape index (κ2) is 4.14. The molecule has 16 heavy (non-hydrogen) atoms. The van der Waals surface area contributed by atoms with Crippen molar-refractivity contribution in [1.29, 1.82) is 5.26 Å². The Morgan fingerprint density at radius 3 is 2.38 bits per heavy atom. The van der Waals surface area contributed by atoms with Gasteiger partial charge in [0.25, 0.3) is 5.24 Å². The first kappa shape index (κ1) is 12.5. The average molecular weight is 248 g/mol. The fourth-order valence-electron chi connectivity index (χ4n) is 1.35. The fourth-order valence-corrected chi connectivity index (χ4v) is 1.51. The summed E-state index contributed by atoms with van der Waals surface area (Å²) < 4.78 is 37.9. The zero-order chi connectivity index (χ0) is 12.5. The molecule has 0 spiro atoms. The van der Waals surface area contributed by atoms with Crippen molar-refractivity contribution >= 4 is 16.8 Å². The van der Waals surface area contributed by atoms with Crippen LogP contribution in [0.1, 0.15) is 27.0 Å². The molecule has 0 bridgehead atoms. The standard InChI is InChI=1S/C10H5ClF3NO/c1-5-2-3-6(9(11)16)7(4-15)8(5)10(12,13)14/h2-3H,1H3. The van der Waals surface area contributed by atoms with E-state index in [4.69, 9.17) is 16.9 Å². The highest BCUT2D eigenvalue weighted by atomic mass is 35.5. The van der Waals surface area contributed by atoms with E-state index >= 15 is 0 Å². The lowest BCUT2D eigenvalue weighted by Gasteiger charge is -2.13. The van der Waals surface area contributed by atoms with Crippen molar-refractivity contribution in [1.82, 2.24) is 0 Å². The van der Waals surface area contributed by atoms with Gasteiger partial charge in [0.15, 0.2) is 0 Å². The molecule has 0 fully saturated rings. The van der Waals surface area contributed by atoms with Gasteiger partial charge in [0, 0.05) is 0 Å². The SMILES string of the molecule is Cc1ccc(C(=O)Cl)c(C#N)c1C(F)(F)F. The largest absolute Gasteiger partial charge is 0.417 e. The Bertz CT molecular complexity index is 488. The van der Waals surface area contributed by atoms with Crippen LogP contribution in [0.3, 0.4) is 0 Å². The first-order valence-corrected chi connectivity index (χ1v) is 4.47. The van der Waals surface area contributed by atoms with Gasteiger partial charge in [-0.3, -0.25) is 4.79 Å². The number of halogens is 4. The normalized spacial score (nSPS) is 11.0. The van der Waals surface area contributed by atoms with Crippen molar-refractivity contribution in [3.05, 3.63) is 34.4 Å². The van der Waals surface area contributed by atoms with Gasteiger partial charge in [-0.05, 0) is 30.2 Å². The molecule has 0 saturated heterocycles. The smallest absolute Gasteiger partial charge is 0.276 e. The van der Waals surface area contributed by atoms with Crippen molar-refractivity contribution in [3.63, 3.8) is 0 Å². The summed E-state index contributed by atoms with van der Waals surface area (Å²) >= 11 is 5.10. The average Bonchev–Trinajstić information content (AvgIpc) is 2.14. The molecule has 0 N–H and O–H groups in total. The lowest BCUT2D eigenvalue weighted by atomic mass is 9.97. The number of alkyl halides is 3. The monoisotopic (exact) mass is 247 g/mol. The molecule has 2 nitrogen and oxygen atoms in total. The van der Waals surface area contributed by atoms with Gasteiger partial charge in [0.05, 0.1) is 16.7 Å². The van der Waals surface area contributed by atoms with Crippen molar-refractivity contribution in [2.24, 2.45) is 0 Å². The maximum absolute atomic E-state index is 12.6. The number of benzene rings is 1.